The van der Waals surface area contributed by atoms with Crippen LogP contribution in [-0.4, -0.2) is 12.6 Å². The van der Waals surface area contributed by atoms with Gasteiger partial charge in [0.1, 0.15) is 0 Å². The minimum atomic E-state index is 0.0176. The number of unbranched alkanes of at least 4 members (excludes halogenated alkanes) is 26. The number of esters is 1. The molecule has 0 atom stereocenters. The van der Waals surface area contributed by atoms with Crippen LogP contribution in [0.15, 0.2) is 0 Å². The third-order valence-electron chi connectivity index (χ3n) is 7.50. The van der Waals surface area contributed by atoms with Crippen molar-refractivity contribution in [3.05, 3.63) is 0 Å². The Bertz CT molecular complexity index is 393. The maximum absolute atomic E-state index is 11.7. The van der Waals surface area contributed by atoms with Crippen LogP contribution in [0.1, 0.15) is 200 Å². The first kappa shape index (κ1) is 34.5. The predicted molar refractivity (Wildman–Crippen MR) is 156 cm³/mol. The Hall–Kier alpha value is -0.530. The third kappa shape index (κ3) is 31.4. The van der Waals surface area contributed by atoms with E-state index in [0.29, 0.717) is 13.0 Å². The monoisotopic (exact) mass is 495 g/mol. The molecule has 0 heterocycles. The van der Waals surface area contributed by atoms with Gasteiger partial charge in [-0.05, 0) is 12.8 Å². The fourth-order valence-corrected chi connectivity index (χ4v) is 5.02. The molecule has 0 bridgehead atoms. The Balaban J connectivity index is 3.09. The van der Waals surface area contributed by atoms with Crippen LogP contribution in [0.3, 0.4) is 0 Å². The van der Waals surface area contributed by atoms with E-state index in [1.165, 1.54) is 167 Å². The highest BCUT2D eigenvalue weighted by Gasteiger charge is 2.02. The van der Waals surface area contributed by atoms with Gasteiger partial charge < -0.3 is 4.74 Å². The van der Waals surface area contributed by atoms with Crippen LogP contribution in [0.2, 0.25) is 0 Å². The van der Waals surface area contributed by atoms with Gasteiger partial charge in [0.25, 0.3) is 0 Å². The zero-order valence-electron chi connectivity index (χ0n) is 24.5. The Morgan fingerprint density at radius 3 is 0.943 bits per heavy atom. The topological polar surface area (TPSA) is 26.3 Å². The molecule has 2 heteroatoms. The van der Waals surface area contributed by atoms with Gasteiger partial charge in [0.2, 0.25) is 0 Å². The molecule has 0 aliphatic rings. The lowest BCUT2D eigenvalue weighted by Crippen LogP contribution is -2.05. The molecular formula is C33H66O2. The fraction of sp³-hybridized carbons (Fsp3) is 0.970. The van der Waals surface area contributed by atoms with Crippen molar-refractivity contribution in [3.63, 3.8) is 0 Å². The largest absolute Gasteiger partial charge is 0.466 e. The van der Waals surface area contributed by atoms with Crippen LogP contribution >= 0.6 is 0 Å². The van der Waals surface area contributed by atoms with E-state index < -0.39 is 0 Å². The second-order valence-electron chi connectivity index (χ2n) is 11.2. The molecule has 0 spiro atoms. The van der Waals surface area contributed by atoms with Crippen LogP contribution < -0.4 is 0 Å². The number of rotatable bonds is 30. The molecule has 0 radical (unpaired) electrons. The van der Waals surface area contributed by atoms with Gasteiger partial charge in [0.05, 0.1) is 6.61 Å². The summed E-state index contributed by atoms with van der Waals surface area (Å²) in [7, 11) is 0. The van der Waals surface area contributed by atoms with E-state index in [9.17, 15) is 4.79 Å². The summed E-state index contributed by atoms with van der Waals surface area (Å²) in [5.74, 6) is 0.0176. The number of ether oxygens (including phenoxy) is 1. The lowest BCUT2D eigenvalue weighted by molar-refractivity contribution is -0.143. The van der Waals surface area contributed by atoms with Gasteiger partial charge in [-0.1, -0.05) is 181 Å². The van der Waals surface area contributed by atoms with E-state index in [1.54, 1.807) is 0 Å². The molecule has 0 saturated carbocycles. The molecule has 0 aromatic heterocycles. The molecule has 0 aromatic carbocycles. The Morgan fingerprint density at radius 1 is 0.371 bits per heavy atom. The molecule has 35 heavy (non-hydrogen) atoms. The second-order valence-corrected chi connectivity index (χ2v) is 11.2. The van der Waals surface area contributed by atoms with E-state index in [0.717, 1.165) is 12.8 Å². The van der Waals surface area contributed by atoms with E-state index in [2.05, 4.69) is 13.8 Å². The van der Waals surface area contributed by atoms with Crippen LogP contribution in [0.4, 0.5) is 0 Å². The zero-order valence-corrected chi connectivity index (χ0v) is 24.5. The normalized spacial score (nSPS) is 11.3. The molecular weight excluding hydrogens is 428 g/mol. The van der Waals surface area contributed by atoms with Crippen molar-refractivity contribution in [3.8, 4) is 0 Å². The van der Waals surface area contributed by atoms with Crippen molar-refractivity contribution < 1.29 is 9.53 Å². The van der Waals surface area contributed by atoms with Crippen molar-refractivity contribution in [2.45, 2.75) is 200 Å². The molecule has 0 rings (SSSR count). The summed E-state index contributed by atoms with van der Waals surface area (Å²) in [5, 5.41) is 0. The standard InChI is InChI=1S/C33H66O2/c1-3-5-7-9-10-11-12-13-14-15-16-17-18-19-20-21-22-23-24-25-26-27-29-31-33(34)35-32-30-28-8-6-4-2/h3-32H2,1-2H3. The average Bonchev–Trinajstić information content (AvgIpc) is 2.86. The Kier molecular flexibility index (Phi) is 31.0. The van der Waals surface area contributed by atoms with Crippen molar-refractivity contribution in [1.29, 1.82) is 0 Å². The molecule has 210 valence electrons. The summed E-state index contributed by atoms with van der Waals surface area (Å²) in [4.78, 5) is 11.7. The SMILES string of the molecule is CCCCCCCCCCCCCCCCCCCCCCCCCC(=O)OCCCCCCC. The van der Waals surface area contributed by atoms with E-state index in [-0.39, 0.29) is 5.97 Å². The van der Waals surface area contributed by atoms with Gasteiger partial charge in [-0.2, -0.15) is 0 Å². The van der Waals surface area contributed by atoms with Crippen LogP contribution in [-0.2, 0) is 9.53 Å². The minimum absolute atomic E-state index is 0.0176. The van der Waals surface area contributed by atoms with Gasteiger partial charge in [0.15, 0.2) is 0 Å². The molecule has 0 N–H and O–H groups in total. The molecule has 0 unspecified atom stereocenters. The molecule has 0 aromatic rings. The Morgan fingerprint density at radius 2 is 0.629 bits per heavy atom. The summed E-state index contributed by atoms with van der Waals surface area (Å²) >= 11 is 0. The minimum Gasteiger partial charge on any atom is -0.466 e. The highest BCUT2D eigenvalue weighted by atomic mass is 16.5. The number of hydrogen-bond acceptors (Lipinski definition) is 2. The number of hydrogen-bond donors (Lipinski definition) is 0. The van der Waals surface area contributed by atoms with E-state index >= 15 is 0 Å². The van der Waals surface area contributed by atoms with Crippen LogP contribution in [0.25, 0.3) is 0 Å². The van der Waals surface area contributed by atoms with Gasteiger partial charge in [0, 0.05) is 6.42 Å². The van der Waals surface area contributed by atoms with Crippen LogP contribution in [0, 0.1) is 0 Å². The summed E-state index contributed by atoms with van der Waals surface area (Å²) in [6.07, 6.45) is 38.9. The summed E-state index contributed by atoms with van der Waals surface area (Å²) < 4.78 is 5.33. The van der Waals surface area contributed by atoms with E-state index in [1.807, 2.05) is 0 Å². The Labute approximate surface area is 222 Å². The quantitative estimate of drug-likeness (QED) is 0.0732. The van der Waals surface area contributed by atoms with Crippen molar-refractivity contribution in [2.75, 3.05) is 6.61 Å². The number of carbonyl (C=O) groups excluding carboxylic acids is 1. The predicted octanol–water partition coefficient (Wildman–Crippen LogP) is 11.9. The molecule has 0 amide bonds. The third-order valence-corrected chi connectivity index (χ3v) is 7.50. The van der Waals surface area contributed by atoms with Crippen LogP contribution in [0.5, 0.6) is 0 Å². The second kappa shape index (κ2) is 31.5. The van der Waals surface area contributed by atoms with Gasteiger partial charge in [-0.3, -0.25) is 4.79 Å². The lowest BCUT2D eigenvalue weighted by Gasteiger charge is -2.05. The van der Waals surface area contributed by atoms with Gasteiger partial charge in [-0.25, -0.2) is 0 Å². The zero-order chi connectivity index (χ0) is 25.5. The smallest absolute Gasteiger partial charge is 0.305 e. The highest BCUT2D eigenvalue weighted by molar-refractivity contribution is 5.69. The molecule has 0 fully saturated rings. The lowest BCUT2D eigenvalue weighted by atomic mass is 10.0. The van der Waals surface area contributed by atoms with E-state index in [4.69, 9.17) is 4.74 Å². The van der Waals surface area contributed by atoms with Crippen molar-refractivity contribution in [1.82, 2.24) is 0 Å². The summed E-state index contributed by atoms with van der Waals surface area (Å²) in [6, 6.07) is 0. The van der Waals surface area contributed by atoms with Crippen molar-refractivity contribution >= 4 is 5.97 Å². The first-order valence-corrected chi connectivity index (χ1v) is 16.5. The highest BCUT2D eigenvalue weighted by Crippen LogP contribution is 2.15. The fourth-order valence-electron chi connectivity index (χ4n) is 5.02. The summed E-state index contributed by atoms with van der Waals surface area (Å²) in [5.41, 5.74) is 0. The average molecular weight is 495 g/mol. The van der Waals surface area contributed by atoms with Gasteiger partial charge in [-0.15, -0.1) is 0 Å². The first-order chi connectivity index (χ1) is 17.3. The molecule has 0 saturated heterocycles. The molecule has 0 aliphatic heterocycles. The summed E-state index contributed by atoms with van der Waals surface area (Å²) in [6.45, 7) is 5.15. The first-order valence-electron chi connectivity index (χ1n) is 16.5. The molecule has 0 aliphatic carbocycles. The maximum Gasteiger partial charge on any atom is 0.305 e. The van der Waals surface area contributed by atoms with Gasteiger partial charge >= 0.3 is 5.97 Å². The maximum atomic E-state index is 11.7. The number of carbonyl (C=O) groups is 1. The van der Waals surface area contributed by atoms with Crippen molar-refractivity contribution in [2.24, 2.45) is 0 Å². The molecule has 2 nitrogen and oxygen atoms in total.